The van der Waals surface area contributed by atoms with Gasteiger partial charge in [-0.25, -0.2) is 0 Å². The summed E-state index contributed by atoms with van der Waals surface area (Å²) in [7, 11) is 0. The topological polar surface area (TPSA) is 25.8 Å². The Morgan fingerprint density at radius 2 is 1.39 bits per heavy atom. The molecule has 2 heterocycles. The standard InChI is InChI=1S/C22H22N.C19H16N.Ir/c1-22(2,3)16-17-13-14-23-21(15-17)20-11-9-19(10-12-20)18-7-5-4-6-8-18;1-15(16-8-3-2-4-9-16)17-10-7-11-18(14-17)19-12-5-6-13-20-19;/h4-11,13-15H,16H2,1-3H3;2-10,12-15H,1H3;/q2*-1;/i16D2;15D;. The van der Waals surface area contributed by atoms with Gasteiger partial charge in [0.15, 0.2) is 0 Å². The van der Waals surface area contributed by atoms with E-state index in [9.17, 15) is 0 Å². The second-order valence-corrected chi connectivity index (χ2v) is 11.4. The predicted octanol–water partition coefficient (Wildman–Crippen LogP) is 10.5. The van der Waals surface area contributed by atoms with Crippen LogP contribution < -0.4 is 0 Å². The molecule has 6 rings (SSSR count). The predicted molar refractivity (Wildman–Crippen MR) is 180 cm³/mol. The van der Waals surface area contributed by atoms with Gasteiger partial charge >= 0.3 is 0 Å². The molecule has 0 aliphatic rings. The molecule has 44 heavy (non-hydrogen) atoms. The Balaban J connectivity index is 0.000000211. The van der Waals surface area contributed by atoms with Crippen molar-refractivity contribution in [2.45, 2.75) is 40.0 Å². The SMILES string of the molecule is [2H]C(C)(c1ccccc1)c1cc[c-]c(-c2ccccn2)c1.[2H]C([2H])(c1ccnc(-c2[c-]cc(-c3ccccc3)cc2)c1)C(C)(C)C.[Ir]. The van der Waals surface area contributed by atoms with E-state index in [0.717, 1.165) is 44.8 Å². The van der Waals surface area contributed by atoms with Gasteiger partial charge in [0.2, 0.25) is 0 Å². The van der Waals surface area contributed by atoms with E-state index in [-0.39, 0.29) is 20.1 Å². The maximum atomic E-state index is 8.73. The van der Waals surface area contributed by atoms with Gasteiger partial charge in [-0.15, -0.1) is 65.2 Å². The van der Waals surface area contributed by atoms with Crippen molar-refractivity contribution in [2.75, 3.05) is 0 Å². The minimum absolute atomic E-state index is 0. The number of pyridine rings is 2. The minimum atomic E-state index is -1.44. The van der Waals surface area contributed by atoms with Gasteiger partial charge in [-0.3, -0.25) is 0 Å². The molecule has 0 amide bonds. The number of aromatic nitrogens is 2. The molecule has 0 spiro atoms. The molecule has 1 atom stereocenters. The van der Waals surface area contributed by atoms with E-state index in [1.807, 2.05) is 137 Å². The van der Waals surface area contributed by atoms with E-state index < -0.39 is 17.7 Å². The van der Waals surface area contributed by atoms with Crippen molar-refractivity contribution in [2.24, 2.45) is 5.41 Å². The van der Waals surface area contributed by atoms with E-state index in [2.05, 4.69) is 34.2 Å². The number of nitrogens with zero attached hydrogens (tertiary/aromatic N) is 2. The Hall–Kier alpha value is -4.17. The summed E-state index contributed by atoms with van der Waals surface area (Å²) in [6, 6.07) is 47.8. The molecule has 0 aliphatic heterocycles. The third kappa shape index (κ3) is 9.16. The van der Waals surface area contributed by atoms with Gasteiger partial charge in [-0.2, -0.15) is 0 Å². The zero-order valence-corrected chi connectivity index (χ0v) is 27.9. The Kier molecular flexibility index (Phi) is 10.1. The third-order valence-electron chi connectivity index (χ3n) is 6.86. The smallest absolute Gasteiger partial charge is 0.0383 e. The van der Waals surface area contributed by atoms with E-state index in [4.69, 9.17) is 4.11 Å². The second kappa shape index (κ2) is 15.5. The van der Waals surface area contributed by atoms with Crippen LogP contribution in [0.5, 0.6) is 0 Å². The van der Waals surface area contributed by atoms with Crippen molar-refractivity contribution in [3.63, 3.8) is 0 Å². The Morgan fingerprint density at radius 1 is 0.682 bits per heavy atom. The molecule has 0 aliphatic carbocycles. The summed E-state index contributed by atoms with van der Waals surface area (Å²) in [5.41, 5.74) is 7.72. The van der Waals surface area contributed by atoms with Gasteiger partial charge in [0.25, 0.3) is 0 Å². The Morgan fingerprint density at radius 3 is 2.05 bits per heavy atom. The van der Waals surface area contributed by atoms with Crippen LogP contribution in [0.4, 0.5) is 0 Å². The van der Waals surface area contributed by atoms with Crippen molar-refractivity contribution in [3.05, 3.63) is 169 Å². The van der Waals surface area contributed by atoms with Crippen molar-refractivity contribution in [1.82, 2.24) is 9.97 Å². The van der Waals surface area contributed by atoms with E-state index in [1.165, 1.54) is 0 Å². The molecule has 0 bridgehead atoms. The summed E-state index contributed by atoms with van der Waals surface area (Å²) in [6.07, 6.45) is 2.01. The first kappa shape index (κ1) is 28.6. The monoisotopic (exact) mass is 754 g/mol. The summed E-state index contributed by atoms with van der Waals surface area (Å²) >= 11 is 0. The first-order valence-corrected chi connectivity index (χ1v) is 14.5. The van der Waals surface area contributed by atoms with E-state index in [0.29, 0.717) is 5.56 Å². The first-order valence-electron chi connectivity index (χ1n) is 16.0. The number of hydrogen-bond acceptors (Lipinski definition) is 2. The fraction of sp³-hybridized carbons (Fsp3) is 0.171. The fourth-order valence-electron chi connectivity index (χ4n) is 4.71. The zero-order chi connectivity index (χ0) is 32.8. The molecule has 0 saturated carbocycles. The van der Waals surface area contributed by atoms with Crippen LogP contribution in [0, 0.1) is 17.5 Å². The average molecular weight is 754 g/mol. The molecule has 2 aromatic heterocycles. The molecule has 3 heteroatoms. The van der Waals surface area contributed by atoms with Crippen LogP contribution in [0.1, 0.15) is 54.4 Å². The largest absolute Gasteiger partial charge is 0.305 e. The van der Waals surface area contributed by atoms with E-state index in [1.54, 1.807) is 18.5 Å². The fourth-order valence-corrected chi connectivity index (χ4v) is 4.71. The molecular formula is C41H38IrN2-2. The molecule has 0 N–H and O–H groups in total. The van der Waals surface area contributed by atoms with Gasteiger partial charge in [0.05, 0.1) is 0 Å². The molecule has 1 radical (unpaired) electrons. The van der Waals surface area contributed by atoms with Gasteiger partial charge in [0, 0.05) is 36.6 Å². The van der Waals surface area contributed by atoms with Crippen molar-refractivity contribution >= 4 is 0 Å². The molecule has 2 nitrogen and oxygen atoms in total. The van der Waals surface area contributed by atoms with Crippen LogP contribution in [0.2, 0.25) is 0 Å². The van der Waals surface area contributed by atoms with Crippen LogP contribution >= 0.6 is 0 Å². The maximum absolute atomic E-state index is 8.73. The van der Waals surface area contributed by atoms with Gasteiger partial charge in [0.1, 0.15) is 0 Å². The summed E-state index contributed by atoms with van der Waals surface area (Å²) in [5.74, 6) is -0.792. The van der Waals surface area contributed by atoms with Crippen molar-refractivity contribution in [3.8, 4) is 33.6 Å². The molecule has 0 fully saturated rings. The number of benzene rings is 4. The number of rotatable bonds is 6. The third-order valence-corrected chi connectivity index (χ3v) is 6.86. The van der Waals surface area contributed by atoms with Gasteiger partial charge in [-0.1, -0.05) is 123 Å². The van der Waals surface area contributed by atoms with E-state index >= 15 is 0 Å². The first-order chi connectivity index (χ1) is 22.0. The summed E-state index contributed by atoms with van der Waals surface area (Å²) in [4.78, 5) is 8.76. The molecule has 223 valence electrons. The average Bonchev–Trinajstić information content (AvgIpc) is 3.09. The molecular weight excluding hydrogens is 713 g/mol. The number of hydrogen-bond donors (Lipinski definition) is 0. The van der Waals surface area contributed by atoms with Gasteiger partial charge in [-0.05, 0) is 46.8 Å². The molecule has 6 aromatic rings. The molecule has 0 saturated heterocycles. The summed E-state index contributed by atoms with van der Waals surface area (Å²) in [6.45, 7) is 7.65. The van der Waals surface area contributed by atoms with Crippen molar-refractivity contribution in [1.29, 1.82) is 0 Å². The molecule has 4 aromatic carbocycles. The van der Waals surface area contributed by atoms with Gasteiger partial charge < -0.3 is 9.97 Å². The van der Waals surface area contributed by atoms with Crippen LogP contribution in [0.3, 0.4) is 0 Å². The van der Waals surface area contributed by atoms with Crippen LogP contribution in [0.15, 0.2) is 140 Å². The van der Waals surface area contributed by atoms with Crippen LogP contribution in [-0.2, 0) is 26.5 Å². The normalized spacial score (nSPS) is 13.5. The zero-order valence-electron chi connectivity index (χ0n) is 28.5. The maximum Gasteiger partial charge on any atom is 0.0383 e. The second-order valence-electron chi connectivity index (χ2n) is 11.4. The minimum Gasteiger partial charge on any atom is -0.305 e. The summed E-state index contributed by atoms with van der Waals surface area (Å²) < 4.78 is 25.6. The van der Waals surface area contributed by atoms with Crippen LogP contribution in [-0.4, -0.2) is 9.97 Å². The van der Waals surface area contributed by atoms with Crippen LogP contribution in [0.25, 0.3) is 33.6 Å². The summed E-state index contributed by atoms with van der Waals surface area (Å²) in [5, 5.41) is 0. The Bertz CT molecular complexity index is 1850. The Labute approximate surface area is 280 Å². The van der Waals surface area contributed by atoms with Crippen molar-refractivity contribution < 1.29 is 24.2 Å². The molecule has 1 unspecified atom stereocenters. The quantitative estimate of drug-likeness (QED) is 0.158.